The lowest BCUT2D eigenvalue weighted by Gasteiger charge is -2.13. The zero-order valence-corrected chi connectivity index (χ0v) is 14.4. The highest BCUT2D eigenvalue weighted by atomic mass is 79.9. The Morgan fingerprint density at radius 3 is 2.62 bits per heavy atom. The molecule has 112 valence electrons. The predicted octanol–water partition coefficient (Wildman–Crippen LogP) is 5.37. The van der Waals surface area contributed by atoms with Crippen LogP contribution in [0, 0.1) is 6.92 Å². The van der Waals surface area contributed by atoms with E-state index in [4.69, 9.17) is 4.74 Å². The average Bonchev–Trinajstić information content (AvgIpc) is 2.44. The number of hydrogen-bond donors (Lipinski definition) is 1. The summed E-state index contributed by atoms with van der Waals surface area (Å²) in [5.74, 6) is 1.47. The quantitative estimate of drug-likeness (QED) is 0.709. The lowest BCUT2D eigenvalue weighted by molar-refractivity contribution is 0.332. The Bertz CT molecular complexity index is 596. The van der Waals surface area contributed by atoms with Crippen molar-refractivity contribution in [1.82, 2.24) is 0 Å². The van der Waals surface area contributed by atoms with Crippen LogP contribution in [0.3, 0.4) is 0 Å². The van der Waals surface area contributed by atoms with Crippen LogP contribution >= 0.6 is 15.9 Å². The van der Waals surface area contributed by atoms with Crippen LogP contribution in [0.15, 0.2) is 46.9 Å². The molecule has 2 nitrogen and oxygen atoms in total. The number of anilines is 1. The fourth-order valence-corrected chi connectivity index (χ4v) is 2.58. The molecule has 3 heteroatoms. The van der Waals surface area contributed by atoms with Crippen molar-refractivity contribution in [3.8, 4) is 5.75 Å². The second-order valence-corrected chi connectivity index (χ2v) is 6.34. The molecule has 0 amide bonds. The van der Waals surface area contributed by atoms with Gasteiger partial charge in [0.05, 0.1) is 0 Å². The number of ether oxygens (including phenoxy) is 1. The Kier molecular flexibility index (Phi) is 5.68. The number of benzene rings is 2. The molecule has 2 aromatic carbocycles. The Labute approximate surface area is 135 Å². The lowest BCUT2D eigenvalue weighted by Crippen LogP contribution is -2.12. The van der Waals surface area contributed by atoms with Gasteiger partial charge in [-0.25, -0.2) is 0 Å². The number of hydrogen-bond acceptors (Lipinski definition) is 2. The molecule has 0 atom stereocenters. The molecule has 0 aliphatic rings. The third-order valence-electron chi connectivity index (χ3n) is 3.30. The standard InChI is InChI=1S/C18H22BrNO/c1-13(2)15-10-14(3)11-16(12-15)21-9-8-20-18-7-5-4-6-17(18)19/h4-7,10-13,20H,8-9H2,1-3H3. The van der Waals surface area contributed by atoms with E-state index >= 15 is 0 Å². The highest BCUT2D eigenvalue weighted by Crippen LogP contribution is 2.23. The predicted molar refractivity (Wildman–Crippen MR) is 93.4 cm³/mol. The van der Waals surface area contributed by atoms with E-state index in [9.17, 15) is 0 Å². The number of halogens is 1. The maximum atomic E-state index is 5.86. The maximum absolute atomic E-state index is 5.86. The van der Waals surface area contributed by atoms with Gasteiger partial charge in [0.1, 0.15) is 12.4 Å². The van der Waals surface area contributed by atoms with Crippen LogP contribution in [0.4, 0.5) is 5.69 Å². The number of aryl methyl sites for hydroxylation is 1. The summed E-state index contributed by atoms with van der Waals surface area (Å²) >= 11 is 3.52. The van der Waals surface area contributed by atoms with E-state index < -0.39 is 0 Å². The first kappa shape index (κ1) is 15.9. The van der Waals surface area contributed by atoms with Gasteiger partial charge in [0.25, 0.3) is 0 Å². The molecule has 0 saturated heterocycles. The summed E-state index contributed by atoms with van der Waals surface area (Å²) in [4.78, 5) is 0. The molecular formula is C18H22BrNO. The first-order valence-electron chi connectivity index (χ1n) is 7.29. The van der Waals surface area contributed by atoms with Crippen LogP contribution in [0.2, 0.25) is 0 Å². The van der Waals surface area contributed by atoms with Gasteiger partial charge < -0.3 is 10.1 Å². The fourth-order valence-electron chi connectivity index (χ4n) is 2.15. The summed E-state index contributed by atoms with van der Waals surface area (Å²) < 4.78 is 6.93. The summed E-state index contributed by atoms with van der Waals surface area (Å²) in [5, 5.41) is 3.36. The second-order valence-electron chi connectivity index (χ2n) is 5.49. The first-order chi connectivity index (χ1) is 10.1. The summed E-state index contributed by atoms with van der Waals surface area (Å²) in [6.07, 6.45) is 0. The van der Waals surface area contributed by atoms with Gasteiger partial charge in [-0.2, -0.15) is 0 Å². The van der Waals surface area contributed by atoms with Gasteiger partial charge in [0.2, 0.25) is 0 Å². The molecule has 2 rings (SSSR count). The molecule has 21 heavy (non-hydrogen) atoms. The van der Waals surface area contributed by atoms with Gasteiger partial charge in [0, 0.05) is 16.7 Å². The summed E-state index contributed by atoms with van der Waals surface area (Å²) in [6.45, 7) is 7.92. The Morgan fingerprint density at radius 1 is 1.14 bits per heavy atom. The number of rotatable bonds is 6. The van der Waals surface area contributed by atoms with Crippen LogP contribution < -0.4 is 10.1 Å². The minimum absolute atomic E-state index is 0.519. The molecule has 0 radical (unpaired) electrons. The van der Waals surface area contributed by atoms with Crippen molar-refractivity contribution >= 4 is 21.6 Å². The summed E-state index contributed by atoms with van der Waals surface area (Å²) in [7, 11) is 0. The summed E-state index contributed by atoms with van der Waals surface area (Å²) in [6, 6.07) is 14.5. The summed E-state index contributed by atoms with van der Waals surface area (Å²) in [5.41, 5.74) is 3.66. The van der Waals surface area contributed by atoms with E-state index in [2.05, 4.69) is 60.2 Å². The Hall–Kier alpha value is -1.48. The molecule has 2 aromatic rings. The van der Waals surface area contributed by atoms with Gasteiger partial charge in [0.15, 0.2) is 0 Å². The van der Waals surface area contributed by atoms with E-state index in [1.807, 2.05) is 24.3 Å². The van der Waals surface area contributed by atoms with Crippen molar-refractivity contribution in [2.75, 3.05) is 18.5 Å². The van der Waals surface area contributed by atoms with Gasteiger partial charge in [-0.15, -0.1) is 0 Å². The zero-order chi connectivity index (χ0) is 15.2. The van der Waals surface area contributed by atoms with Crippen LogP contribution in [0.1, 0.15) is 30.9 Å². The van der Waals surface area contributed by atoms with Crippen LogP contribution in [-0.4, -0.2) is 13.2 Å². The zero-order valence-electron chi connectivity index (χ0n) is 12.8. The SMILES string of the molecule is Cc1cc(OCCNc2ccccc2Br)cc(C(C)C)c1. The van der Waals surface area contributed by atoms with Gasteiger partial charge in [-0.3, -0.25) is 0 Å². The maximum Gasteiger partial charge on any atom is 0.119 e. The van der Waals surface area contributed by atoms with E-state index in [1.54, 1.807) is 0 Å². The monoisotopic (exact) mass is 347 g/mol. The minimum atomic E-state index is 0.519. The van der Waals surface area contributed by atoms with E-state index in [1.165, 1.54) is 11.1 Å². The Balaban J connectivity index is 1.88. The first-order valence-corrected chi connectivity index (χ1v) is 8.08. The highest BCUT2D eigenvalue weighted by Gasteiger charge is 2.03. The highest BCUT2D eigenvalue weighted by molar-refractivity contribution is 9.10. The Morgan fingerprint density at radius 2 is 1.90 bits per heavy atom. The molecule has 0 aliphatic heterocycles. The van der Waals surface area contributed by atoms with E-state index in [-0.39, 0.29) is 0 Å². The minimum Gasteiger partial charge on any atom is -0.492 e. The molecule has 0 aromatic heterocycles. The fraction of sp³-hybridized carbons (Fsp3) is 0.333. The smallest absolute Gasteiger partial charge is 0.119 e. The third kappa shape index (κ3) is 4.78. The molecule has 0 spiro atoms. The van der Waals surface area contributed by atoms with Crippen molar-refractivity contribution in [2.45, 2.75) is 26.7 Å². The average molecular weight is 348 g/mol. The van der Waals surface area contributed by atoms with E-state index in [0.717, 1.165) is 22.5 Å². The van der Waals surface area contributed by atoms with Crippen molar-refractivity contribution in [2.24, 2.45) is 0 Å². The van der Waals surface area contributed by atoms with Gasteiger partial charge in [-0.05, 0) is 64.2 Å². The van der Waals surface area contributed by atoms with E-state index in [0.29, 0.717) is 12.5 Å². The molecule has 0 bridgehead atoms. The molecule has 0 heterocycles. The largest absolute Gasteiger partial charge is 0.492 e. The van der Waals surface area contributed by atoms with Gasteiger partial charge >= 0.3 is 0 Å². The third-order valence-corrected chi connectivity index (χ3v) is 3.99. The molecule has 0 saturated carbocycles. The molecular weight excluding hydrogens is 326 g/mol. The topological polar surface area (TPSA) is 21.3 Å². The van der Waals surface area contributed by atoms with Crippen molar-refractivity contribution < 1.29 is 4.74 Å². The van der Waals surface area contributed by atoms with Crippen molar-refractivity contribution in [1.29, 1.82) is 0 Å². The van der Waals surface area contributed by atoms with Crippen LogP contribution in [-0.2, 0) is 0 Å². The lowest BCUT2D eigenvalue weighted by atomic mass is 10.0. The normalized spacial score (nSPS) is 10.7. The second kappa shape index (κ2) is 7.51. The van der Waals surface area contributed by atoms with Crippen LogP contribution in [0.25, 0.3) is 0 Å². The molecule has 0 aliphatic carbocycles. The molecule has 0 unspecified atom stereocenters. The molecule has 1 N–H and O–H groups in total. The van der Waals surface area contributed by atoms with Crippen LogP contribution in [0.5, 0.6) is 5.75 Å². The van der Waals surface area contributed by atoms with Crippen molar-refractivity contribution in [3.63, 3.8) is 0 Å². The number of para-hydroxylation sites is 1. The van der Waals surface area contributed by atoms with Gasteiger partial charge in [-0.1, -0.05) is 32.0 Å². The molecule has 0 fully saturated rings. The number of nitrogens with one attached hydrogen (secondary N) is 1. The van der Waals surface area contributed by atoms with Crippen molar-refractivity contribution in [3.05, 3.63) is 58.1 Å².